The van der Waals surface area contributed by atoms with Gasteiger partial charge in [-0.3, -0.25) is 0 Å². The van der Waals surface area contributed by atoms with Crippen LogP contribution in [0, 0.1) is 0 Å². The summed E-state index contributed by atoms with van der Waals surface area (Å²) in [7, 11) is 1.32. The van der Waals surface area contributed by atoms with E-state index in [-0.39, 0.29) is 11.1 Å². The highest BCUT2D eigenvalue weighted by Crippen LogP contribution is 2.18. The highest BCUT2D eigenvalue weighted by atomic mass is 35.5. The number of hydrogen-bond acceptors (Lipinski definition) is 6. The van der Waals surface area contributed by atoms with E-state index in [4.69, 9.17) is 22.1 Å². The van der Waals surface area contributed by atoms with Crippen molar-refractivity contribution in [2.75, 3.05) is 12.8 Å². The van der Waals surface area contributed by atoms with E-state index in [1.807, 2.05) is 6.92 Å². The predicted octanol–water partition coefficient (Wildman–Crippen LogP) is 1.25. The molecule has 0 aliphatic rings. The summed E-state index contributed by atoms with van der Waals surface area (Å²) in [6, 6.07) is 1.52. The van der Waals surface area contributed by atoms with Crippen molar-refractivity contribution in [2.24, 2.45) is 0 Å². The average molecular weight is 282 g/mol. The zero-order chi connectivity index (χ0) is 14.0. The number of nitrogens with zero attached hydrogens (tertiary/aromatic N) is 4. The molecule has 2 N–H and O–H groups in total. The second-order valence-electron chi connectivity index (χ2n) is 3.67. The number of nitrogens with two attached hydrogens (primary N) is 1. The fraction of sp³-hybridized carbons (Fsp3) is 0.273. The van der Waals surface area contributed by atoms with Gasteiger partial charge in [-0.25, -0.2) is 14.5 Å². The van der Waals surface area contributed by atoms with Crippen molar-refractivity contribution in [3.8, 4) is 5.82 Å². The summed E-state index contributed by atoms with van der Waals surface area (Å²) in [4.78, 5) is 19.4. The van der Waals surface area contributed by atoms with Crippen LogP contribution in [0.3, 0.4) is 0 Å². The Hall–Kier alpha value is -2.15. The zero-order valence-electron chi connectivity index (χ0n) is 10.4. The second kappa shape index (κ2) is 5.23. The molecule has 0 amide bonds. The number of aromatic nitrogens is 4. The highest BCUT2D eigenvalue weighted by Gasteiger charge is 2.18. The summed E-state index contributed by atoms with van der Waals surface area (Å²) >= 11 is 5.83. The SMILES string of the molecule is CCc1c(C(=O)OC)cnn1-c1cc(Cl)nc(N)n1. The number of carbonyl (C=O) groups is 1. The Balaban J connectivity index is 2.56. The van der Waals surface area contributed by atoms with Gasteiger partial charge >= 0.3 is 5.97 Å². The van der Waals surface area contributed by atoms with Gasteiger partial charge in [0.05, 0.1) is 19.0 Å². The normalized spacial score (nSPS) is 10.5. The Bertz CT molecular complexity index is 605. The van der Waals surface area contributed by atoms with E-state index in [0.717, 1.165) is 0 Å². The smallest absolute Gasteiger partial charge is 0.341 e. The van der Waals surface area contributed by atoms with Gasteiger partial charge in [0.25, 0.3) is 0 Å². The molecule has 19 heavy (non-hydrogen) atoms. The monoisotopic (exact) mass is 281 g/mol. The molecule has 0 unspecified atom stereocenters. The van der Waals surface area contributed by atoms with E-state index in [9.17, 15) is 4.79 Å². The Kier molecular flexibility index (Phi) is 3.66. The Morgan fingerprint density at radius 1 is 1.53 bits per heavy atom. The summed E-state index contributed by atoms with van der Waals surface area (Å²) in [5, 5.41) is 4.33. The Morgan fingerprint density at radius 2 is 2.26 bits per heavy atom. The lowest BCUT2D eigenvalue weighted by atomic mass is 10.2. The first-order valence-electron chi connectivity index (χ1n) is 5.52. The molecule has 0 bridgehead atoms. The maximum absolute atomic E-state index is 11.6. The molecule has 0 spiro atoms. The molecule has 0 aromatic carbocycles. The van der Waals surface area contributed by atoms with Crippen LogP contribution in [-0.4, -0.2) is 32.8 Å². The summed E-state index contributed by atoms with van der Waals surface area (Å²) < 4.78 is 6.20. The molecular weight excluding hydrogens is 270 g/mol. The second-order valence-corrected chi connectivity index (χ2v) is 4.06. The minimum atomic E-state index is -0.448. The summed E-state index contributed by atoms with van der Waals surface area (Å²) in [5.74, 6) is 0.000370. The molecule has 2 rings (SSSR count). The maximum atomic E-state index is 11.6. The van der Waals surface area contributed by atoms with Gasteiger partial charge in [-0.05, 0) is 6.42 Å². The number of hydrogen-bond donors (Lipinski definition) is 1. The third-order valence-corrected chi connectivity index (χ3v) is 2.72. The predicted molar refractivity (Wildman–Crippen MR) is 69.3 cm³/mol. The van der Waals surface area contributed by atoms with Crippen LogP contribution in [0.25, 0.3) is 5.82 Å². The molecule has 0 radical (unpaired) electrons. The lowest BCUT2D eigenvalue weighted by Crippen LogP contribution is -2.10. The number of carbonyl (C=O) groups excluding carboxylic acids is 1. The lowest BCUT2D eigenvalue weighted by molar-refractivity contribution is 0.0599. The maximum Gasteiger partial charge on any atom is 0.341 e. The first-order valence-corrected chi connectivity index (χ1v) is 5.90. The van der Waals surface area contributed by atoms with Gasteiger partial charge in [-0.15, -0.1) is 0 Å². The molecule has 0 aliphatic carbocycles. The third kappa shape index (κ3) is 2.50. The van der Waals surface area contributed by atoms with E-state index in [1.54, 1.807) is 0 Å². The van der Waals surface area contributed by atoms with Crippen molar-refractivity contribution in [1.29, 1.82) is 0 Å². The van der Waals surface area contributed by atoms with Crippen LogP contribution in [0.2, 0.25) is 5.15 Å². The van der Waals surface area contributed by atoms with Crippen molar-refractivity contribution < 1.29 is 9.53 Å². The summed E-state index contributed by atoms with van der Waals surface area (Å²) in [6.45, 7) is 1.89. The summed E-state index contributed by atoms with van der Waals surface area (Å²) in [6.07, 6.45) is 2.00. The standard InChI is InChI=1S/C11H12ClN5O2/c1-3-7-6(10(18)19-2)5-14-17(7)9-4-8(12)15-11(13)16-9/h4-5H,3H2,1-2H3,(H2,13,15,16). The number of anilines is 1. The van der Waals surface area contributed by atoms with Crippen molar-refractivity contribution in [2.45, 2.75) is 13.3 Å². The van der Waals surface area contributed by atoms with Crippen LogP contribution in [0.1, 0.15) is 23.0 Å². The average Bonchev–Trinajstić information content (AvgIpc) is 2.80. The quantitative estimate of drug-likeness (QED) is 0.672. The number of esters is 1. The fourth-order valence-corrected chi connectivity index (χ4v) is 1.91. The molecule has 0 atom stereocenters. The molecule has 2 heterocycles. The van der Waals surface area contributed by atoms with Crippen LogP contribution < -0.4 is 5.73 Å². The van der Waals surface area contributed by atoms with E-state index >= 15 is 0 Å². The topological polar surface area (TPSA) is 95.9 Å². The molecule has 2 aromatic rings. The molecule has 0 fully saturated rings. The van der Waals surface area contributed by atoms with E-state index in [1.165, 1.54) is 24.1 Å². The number of nitrogen functional groups attached to an aromatic ring is 1. The highest BCUT2D eigenvalue weighted by molar-refractivity contribution is 6.29. The fourth-order valence-electron chi connectivity index (χ4n) is 1.72. The number of rotatable bonds is 3. The van der Waals surface area contributed by atoms with Gasteiger partial charge in [-0.2, -0.15) is 10.1 Å². The minimum Gasteiger partial charge on any atom is -0.465 e. The first-order chi connectivity index (χ1) is 9.06. The zero-order valence-corrected chi connectivity index (χ0v) is 11.2. The van der Waals surface area contributed by atoms with Gasteiger partial charge in [0.1, 0.15) is 10.7 Å². The molecule has 0 aliphatic heterocycles. The molecule has 0 saturated heterocycles. The molecule has 100 valence electrons. The van der Waals surface area contributed by atoms with E-state index in [0.29, 0.717) is 23.5 Å². The summed E-state index contributed by atoms with van der Waals surface area (Å²) in [5.41, 5.74) is 6.60. The van der Waals surface area contributed by atoms with E-state index < -0.39 is 5.97 Å². The van der Waals surface area contributed by atoms with Gasteiger partial charge in [0, 0.05) is 6.07 Å². The van der Waals surface area contributed by atoms with Gasteiger partial charge < -0.3 is 10.5 Å². The molecule has 8 heteroatoms. The van der Waals surface area contributed by atoms with Gasteiger partial charge in [0.15, 0.2) is 5.82 Å². The van der Waals surface area contributed by atoms with Crippen LogP contribution in [0.15, 0.2) is 12.3 Å². The van der Waals surface area contributed by atoms with Crippen molar-refractivity contribution in [1.82, 2.24) is 19.7 Å². The van der Waals surface area contributed by atoms with Crippen molar-refractivity contribution in [3.63, 3.8) is 0 Å². The van der Waals surface area contributed by atoms with Gasteiger partial charge in [0.2, 0.25) is 5.95 Å². The first kappa shape index (κ1) is 13.3. The molecular formula is C11H12ClN5O2. The Labute approximate surface area is 114 Å². The van der Waals surface area contributed by atoms with E-state index in [2.05, 4.69) is 15.1 Å². The van der Waals surface area contributed by atoms with Crippen LogP contribution in [0.4, 0.5) is 5.95 Å². The molecule has 7 nitrogen and oxygen atoms in total. The molecule has 0 saturated carbocycles. The van der Waals surface area contributed by atoms with Crippen LogP contribution in [0.5, 0.6) is 0 Å². The van der Waals surface area contributed by atoms with Gasteiger partial charge in [-0.1, -0.05) is 18.5 Å². The number of halogens is 1. The minimum absolute atomic E-state index is 0.0414. The molecule has 2 aromatic heterocycles. The number of methoxy groups -OCH3 is 1. The third-order valence-electron chi connectivity index (χ3n) is 2.52. The van der Waals surface area contributed by atoms with Crippen molar-refractivity contribution in [3.05, 3.63) is 28.7 Å². The van der Waals surface area contributed by atoms with Crippen LogP contribution in [-0.2, 0) is 11.2 Å². The lowest BCUT2D eigenvalue weighted by Gasteiger charge is -2.07. The number of ether oxygens (including phenoxy) is 1. The Morgan fingerprint density at radius 3 is 2.84 bits per heavy atom. The van der Waals surface area contributed by atoms with Crippen molar-refractivity contribution >= 4 is 23.5 Å². The van der Waals surface area contributed by atoms with Crippen LogP contribution >= 0.6 is 11.6 Å². The largest absolute Gasteiger partial charge is 0.465 e.